The first-order chi connectivity index (χ1) is 8.22. The van der Waals surface area contributed by atoms with Crippen molar-refractivity contribution in [2.75, 3.05) is 0 Å². The van der Waals surface area contributed by atoms with Crippen LogP contribution in [0, 0.1) is 23.1 Å². The number of pyridine rings is 1. The Balaban J connectivity index is 2.60. The molecule has 0 unspecified atom stereocenters. The fraction of sp³-hybridized carbons (Fsp3) is 0.0769. The van der Waals surface area contributed by atoms with Crippen LogP contribution < -0.4 is 0 Å². The lowest BCUT2D eigenvalue weighted by molar-refractivity contribution is 0.578. The molecule has 1 heterocycles. The summed E-state index contributed by atoms with van der Waals surface area (Å²) in [5, 5.41) is 8.65. The van der Waals surface area contributed by atoms with Crippen LogP contribution in [0.4, 0.5) is 8.78 Å². The molecule has 4 heteroatoms. The molecule has 1 aromatic carbocycles. The molecule has 0 aliphatic rings. The minimum atomic E-state index is -0.671. The third kappa shape index (κ3) is 2.28. The van der Waals surface area contributed by atoms with Crippen LogP contribution in [0.3, 0.4) is 0 Å². The first-order valence-corrected chi connectivity index (χ1v) is 4.99. The van der Waals surface area contributed by atoms with Crippen LogP contribution in [0.5, 0.6) is 0 Å². The fourth-order valence-electron chi connectivity index (χ4n) is 1.61. The first kappa shape index (κ1) is 11.2. The quantitative estimate of drug-likeness (QED) is 0.743. The van der Waals surface area contributed by atoms with E-state index in [0.717, 1.165) is 6.07 Å². The molecule has 0 atom stereocenters. The van der Waals surface area contributed by atoms with Gasteiger partial charge in [0, 0.05) is 11.1 Å². The predicted molar refractivity (Wildman–Crippen MR) is 58.9 cm³/mol. The lowest BCUT2D eigenvalue weighted by atomic mass is 10.0. The molecule has 2 aromatic rings. The van der Waals surface area contributed by atoms with Gasteiger partial charge >= 0.3 is 0 Å². The highest BCUT2D eigenvalue weighted by Gasteiger charge is 2.11. The summed E-state index contributed by atoms with van der Waals surface area (Å²) in [4.78, 5) is 3.62. The summed E-state index contributed by atoms with van der Waals surface area (Å²) < 4.78 is 26.6. The number of benzene rings is 1. The molecule has 17 heavy (non-hydrogen) atoms. The van der Waals surface area contributed by atoms with Crippen molar-refractivity contribution in [1.29, 1.82) is 5.26 Å². The summed E-state index contributed by atoms with van der Waals surface area (Å²) in [6.07, 6.45) is -0.0541. The van der Waals surface area contributed by atoms with Gasteiger partial charge in [0.15, 0.2) is 0 Å². The molecule has 84 valence electrons. The molecule has 0 radical (unpaired) electrons. The second-order valence-electron chi connectivity index (χ2n) is 3.44. The van der Waals surface area contributed by atoms with E-state index >= 15 is 0 Å². The minimum Gasteiger partial charge on any atom is -0.223 e. The molecule has 0 N–H and O–H groups in total. The lowest BCUT2D eigenvalue weighted by Crippen LogP contribution is -1.97. The van der Waals surface area contributed by atoms with Crippen molar-refractivity contribution in [2.45, 2.75) is 6.42 Å². The Labute approximate surface area is 97.2 Å². The Morgan fingerprint density at radius 2 is 1.82 bits per heavy atom. The van der Waals surface area contributed by atoms with Gasteiger partial charge in [-0.15, -0.1) is 0 Å². The van der Waals surface area contributed by atoms with Gasteiger partial charge < -0.3 is 0 Å². The van der Waals surface area contributed by atoms with Crippen molar-refractivity contribution >= 4 is 0 Å². The zero-order valence-corrected chi connectivity index (χ0v) is 8.82. The van der Waals surface area contributed by atoms with Crippen LogP contribution in [0.2, 0.25) is 0 Å². The van der Waals surface area contributed by atoms with Crippen molar-refractivity contribution in [2.24, 2.45) is 0 Å². The normalized spacial score (nSPS) is 9.94. The van der Waals surface area contributed by atoms with Crippen molar-refractivity contribution in [3.8, 4) is 17.2 Å². The van der Waals surface area contributed by atoms with E-state index in [9.17, 15) is 8.78 Å². The Morgan fingerprint density at radius 1 is 1.06 bits per heavy atom. The molecule has 0 aliphatic carbocycles. The van der Waals surface area contributed by atoms with Crippen LogP contribution in [0.15, 0.2) is 36.4 Å². The highest BCUT2D eigenvalue weighted by Crippen LogP contribution is 2.25. The summed E-state index contributed by atoms with van der Waals surface area (Å²) in [6, 6.07) is 10.6. The molecule has 1 aromatic heterocycles. The smallest absolute Gasteiger partial charge is 0.213 e. The van der Waals surface area contributed by atoms with Crippen molar-refractivity contribution in [1.82, 2.24) is 4.98 Å². The number of hydrogen-bond donors (Lipinski definition) is 0. The van der Waals surface area contributed by atoms with Crippen LogP contribution >= 0.6 is 0 Å². The number of nitrogens with zero attached hydrogens (tertiary/aromatic N) is 2. The van der Waals surface area contributed by atoms with Crippen LogP contribution in [0.1, 0.15) is 5.69 Å². The number of nitriles is 1. The summed E-state index contributed by atoms with van der Waals surface area (Å²) >= 11 is 0. The zero-order chi connectivity index (χ0) is 12.3. The van der Waals surface area contributed by atoms with Gasteiger partial charge in [0.25, 0.3) is 0 Å². The molecular formula is C13H8F2N2. The third-order valence-corrected chi connectivity index (χ3v) is 2.35. The number of hydrogen-bond acceptors (Lipinski definition) is 2. The SMILES string of the molecule is N#CCc1nc(F)ccc1-c1ccccc1F. The van der Waals surface area contributed by atoms with Gasteiger partial charge in [-0.3, -0.25) is 0 Å². The fourth-order valence-corrected chi connectivity index (χ4v) is 1.61. The van der Waals surface area contributed by atoms with E-state index in [-0.39, 0.29) is 12.1 Å². The molecular weight excluding hydrogens is 222 g/mol. The van der Waals surface area contributed by atoms with E-state index in [2.05, 4.69) is 4.98 Å². The molecule has 0 amide bonds. The Bertz CT molecular complexity index is 588. The number of aromatic nitrogens is 1. The van der Waals surface area contributed by atoms with E-state index < -0.39 is 11.8 Å². The van der Waals surface area contributed by atoms with Crippen molar-refractivity contribution in [3.63, 3.8) is 0 Å². The third-order valence-electron chi connectivity index (χ3n) is 2.35. The maximum atomic E-state index is 13.6. The molecule has 0 saturated heterocycles. The maximum absolute atomic E-state index is 13.6. The standard InChI is InChI=1S/C13H8F2N2/c14-11-4-2-1-3-9(11)10-5-6-13(15)17-12(10)7-8-16/h1-6H,7H2. The highest BCUT2D eigenvalue weighted by atomic mass is 19.1. The molecule has 0 fully saturated rings. The van der Waals surface area contributed by atoms with Gasteiger partial charge in [-0.05, 0) is 18.2 Å². The van der Waals surface area contributed by atoms with Gasteiger partial charge in [-0.2, -0.15) is 9.65 Å². The van der Waals surface area contributed by atoms with Gasteiger partial charge in [0.05, 0.1) is 18.2 Å². The summed E-state index contributed by atoms with van der Waals surface area (Å²) in [5.74, 6) is -1.09. The Morgan fingerprint density at radius 3 is 2.53 bits per heavy atom. The predicted octanol–water partition coefficient (Wildman–Crippen LogP) is 3.09. The summed E-state index contributed by atoms with van der Waals surface area (Å²) in [6.45, 7) is 0. The van der Waals surface area contributed by atoms with Crippen molar-refractivity contribution < 1.29 is 8.78 Å². The molecule has 0 aliphatic heterocycles. The van der Waals surface area contributed by atoms with Crippen LogP contribution in [0.25, 0.3) is 11.1 Å². The van der Waals surface area contributed by atoms with Gasteiger partial charge in [0.1, 0.15) is 5.82 Å². The Hall–Kier alpha value is -2.28. The largest absolute Gasteiger partial charge is 0.223 e. The van der Waals surface area contributed by atoms with E-state index in [1.54, 1.807) is 18.2 Å². The number of rotatable bonds is 2. The van der Waals surface area contributed by atoms with E-state index in [0.29, 0.717) is 11.1 Å². The zero-order valence-electron chi connectivity index (χ0n) is 8.82. The summed E-state index contributed by atoms with van der Waals surface area (Å²) in [5.41, 5.74) is 1.02. The van der Waals surface area contributed by atoms with Crippen molar-refractivity contribution in [3.05, 3.63) is 53.9 Å². The second-order valence-corrected chi connectivity index (χ2v) is 3.44. The van der Waals surface area contributed by atoms with Crippen LogP contribution in [-0.4, -0.2) is 4.98 Å². The van der Waals surface area contributed by atoms with Crippen LogP contribution in [-0.2, 0) is 6.42 Å². The van der Waals surface area contributed by atoms with E-state index in [1.807, 2.05) is 6.07 Å². The maximum Gasteiger partial charge on any atom is 0.213 e. The number of halogens is 2. The lowest BCUT2D eigenvalue weighted by Gasteiger charge is -2.07. The molecule has 2 nitrogen and oxygen atoms in total. The van der Waals surface area contributed by atoms with Gasteiger partial charge in [0.2, 0.25) is 5.95 Å². The topological polar surface area (TPSA) is 36.7 Å². The molecule has 0 bridgehead atoms. The molecule has 0 spiro atoms. The average molecular weight is 230 g/mol. The molecule has 2 rings (SSSR count). The first-order valence-electron chi connectivity index (χ1n) is 4.99. The Kier molecular flexibility index (Phi) is 3.10. The van der Waals surface area contributed by atoms with E-state index in [1.165, 1.54) is 12.1 Å². The average Bonchev–Trinajstić information content (AvgIpc) is 2.31. The summed E-state index contributed by atoms with van der Waals surface area (Å²) in [7, 11) is 0. The van der Waals surface area contributed by atoms with Gasteiger partial charge in [-0.25, -0.2) is 9.37 Å². The van der Waals surface area contributed by atoms with E-state index in [4.69, 9.17) is 5.26 Å². The monoisotopic (exact) mass is 230 g/mol. The minimum absolute atomic E-state index is 0.0541. The highest BCUT2D eigenvalue weighted by molar-refractivity contribution is 5.66. The molecule has 0 saturated carbocycles. The van der Waals surface area contributed by atoms with Gasteiger partial charge in [-0.1, -0.05) is 18.2 Å². The second kappa shape index (κ2) is 4.71.